The van der Waals surface area contributed by atoms with Crippen molar-refractivity contribution < 1.29 is 10.4 Å². The summed E-state index contributed by atoms with van der Waals surface area (Å²) in [6.45, 7) is 15.8. The van der Waals surface area contributed by atoms with Crippen LogP contribution in [0.5, 0.6) is 0 Å². The molecule has 0 saturated heterocycles. The second-order valence-corrected chi connectivity index (χ2v) is 8.92. The highest BCUT2D eigenvalue weighted by atomic mass is 16.3. The molecule has 162 valence electrons. The Hall–Kier alpha value is -3.90. The molecule has 0 aliphatic rings. The van der Waals surface area contributed by atoms with E-state index in [0.29, 0.717) is 11.3 Å². The molecule has 0 radical (unpaired) electrons. The molecular weight excluding hydrogens is 404 g/mol. The number of hydrogen-bond acceptors (Lipinski definition) is 1. The molecule has 0 saturated carbocycles. The van der Waals surface area contributed by atoms with E-state index in [9.17, 15) is 0 Å². The summed E-state index contributed by atoms with van der Waals surface area (Å²) in [4.78, 5) is 3.81. The molecule has 0 amide bonds. The van der Waals surface area contributed by atoms with Gasteiger partial charge in [-0.25, -0.2) is 4.85 Å². The van der Waals surface area contributed by atoms with Crippen molar-refractivity contribution in [3.05, 3.63) is 95.0 Å². The number of benzene rings is 3. The monoisotopic (exact) mass is 432 g/mol. The number of aromatic nitrogens is 1. The van der Waals surface area contributed by atoms with E-state index < -0.39 is 5.89 Å². The summed E-state index contributed by atoms with van der Waals surface area (Å²) in [5.41, 5.74) is 9.12. The minimum absolute atomic E-state index is 0.512. The number of rotatable bonds is 3. The zero-order valence-electron chi connectivity index (χ0n) is 20.7. The SMILES string of the molecule is [2H]C(C)(C)c1cc(C)[n+](C)c(-c2c(C)ccc3c2oc2c([N+]#[C-])cc(-c4ccccc4)cc23)c1. The molecule has 0 bridgehead atoms. The summed E-state index contributed by atoms with van der Waals surface area (Å²) in [5.74, 6) is -0.717. The summed E-state index contributed by atoms with van der Waals surface area (Å²) < 4.78 is 17.2. The van der Waals surface area contributed by atoms with Crippen LogP contribution in [0.25, 0.3) is 49.2 Å². The van der Waals surface area contributed by atoms with Crippen LogP contribution in [0.2, 0.25) is 0 Å². The third-order valence-corrected chi connectivity index (χ3v) is 6.54. The third kappa shape index (κ3) is 3.39. The number of hydrogen-bond donors (Lipinski definition) is 0. The van der Waals surface area contributed by atoms with Crippen LogP contribution >= 0.6 is 0 Å². The summed E-state index contributed by atoms with van der Waals surface area (Å²) in [7, 11) is 2.05. The Balaban J connectivity index is 1.87. The van der Waals surface area contributed by atoms with Crippen molar-refractivity contribution in [3.8, 4) is 22.4 Å². The van der Waals surface area contributed by atoms with Crippen LogP contribution in [0, 0.1) is 20.4 Å². The molecule has 5 aromatic rings. The van der Waals surface area contributed by atoms with Crippen LogP contribution in [0.3, 0.4) is 0 Å². The third-order valence-electron chi connectivity index (χ3n) is 6.54. The first kappa shape index (κ1) is 19.8. The fourth-order valence-corrected chi connectivity index (χ4v) is 4.55. The van der Waals surface area contributed by atoms with Crippen molar-refractivity contribution >= 4 is 27.6 Å². The molecule has 0 N–H and O–H groups in total. The predicted octanol–water partition coefficient (Wildman–Crippen LogP) is 8.04. The fraction of sp³-hybridized carbons (Fsp3) is 0.200. The maximum absolute atomic E-state index is 8.60. The molecule has 3 aromatic carbocycles. The van der Waals surface area contributed by atoms with Gasteiger partial charge in [-0.2, -0.15) is 4.57 Å². The van der Waals surface area contributed by atoms with Crippen LogP contribution in [-0.4, -0.2) is 0 Å². The van der Waals surface area contributed by atoms with E-state index in [1.54, 1.807) is 0 Å². The highest BCUT2D eigenvalue weighted by Crippen LogP contribution is 2.42. The lowest BCUT2D eigenvalue weighted by Crippen LogP contribution is -2.35. The second kappa shape index (κ2) is 7.90. The Labute approximate surface area is 196 Å². The quantitative estimate of drug-likeness (QED) is 0.209. The van der Waals surface area contributed by atoms with Crippen LogP contribution in [0.1, 0.15) is 37.9 Å². The summed E-state index contributed by atoms with van der Waals surface area (Å²) in [6, 6.07) is 22.5. The predicted molar refractivity (Wildman–Crippen MR) is 136 cm³/mol. The van der Waals surface area contributed by atoms with Crippen LogP contribution in [0.4, 0.5) is 5.69 Å². The number of pyridine rings is 1. The van der Waals surface area contributed by atoms with Gasteiger partial charge in [0.15, 0.2) is 5.69 Å². The van der Waals surface area contributed by atoms with E-state index in [1.807, 2.05) is 45.2 Å². The number of nitrogens with zero attached hydrogens (tertiary/aromatic N) is 2. The molecule has 5 rings (SSSR count). The molecule has 3 heteroatoms. The van der Waals surface area contributed by atoms with Crippen molar-refractivity contribution in [1.29, 1.82) is 0 Å². The van der Waals surface area contributed by atoms with Crippen molar-refractivity contribution in [3.63, 3.8) is 0 Å². The normalized spacial score (nSPS) is 12.2. The first-order chi connectivity index (χ1) is 16.2. The van der Waals surface area contributed by atoms with Gasteiger partial charge in [-0.15, -0.1) is 0 Å². The van der Waals surface area contributed by atoms with Crippen LogP contribution in [0.15, 0.2) is 71.1 Å². The molecule has 33 heavy (non-hydrogen) atoms. The van der Waals surface area contributed by atoms with E-state index in [2.05, 4.69) is 65.7 Å². The highest BCUT2D eigenvalue weighted by molar-refractivity contribution is 6.14. The topological polar surface area (TPSA) is 21.4 Å². The molecular formula is C30H27N2O+. The average molecular weight is 433 g/mol. The van der Waals surface area contributed by atoms with Crippen molar-refractivity contribution in [2.24, 2.45) is 7.05 Å². The van der Waals surface area contributed by atoms with Gasteiger partial charge in [0.05, 0.1) is 12.1 Å². The smallest absolute Gasteiger partial charge is 0.230 e. The molecule has 2 aromatic heterocycles. The standard InChI is InChI=1S/C30H27N2O/c1-18(2)22-14-20(4)32(6)27(17-22)28-19(3)12-13-24-25-15-23(21-10-8-7-9-11-21)16-26(31-5)29(25)33-30(24)28/h7-18H,1-4,6H3/q+1/i18D. The lowest BCUT2D eigenvalue weighted by atomic mass is 9.95. The Kier molecular flexibility index (Phi) is 4.73. The van der Waals surface area contributed by atoms with E-state index in [4.69, 9.17) is 12.4 Å². The number of fused-ring (bicyclic) bond motifs is 3. The average Bonchev–Trinajstić information content (AvgIpc) is 3.19. The first-order valence-corrected chi connectivity index (χ1v) is 11.1. The lowest BCUT2D eigenvalue weighted by Gasteiger charge is -2.11. The summed E-state index contributed by atoms with van der Waals surface area (Å²) >= 11 is 0. The van der Waals surface area contributed by atoms with Crippen LogP contribution < -0.4 is 4.57 Å². The fourth-order valence-electron chi connectivity index (χ4n) is 4.55. The zero-order chi connectivity index (χ0) is 24.2. The molecule has 2 heterocycles. The van der Waals surface area contributed by atoms with Crippen LogP contribution in [-0.2, 0) is 7.05 Å². The van der Waals surface area contributed by atoms with Gasteiger partial charge in [-0.1, -0.05) is 56.3 Å². The van der Waals surface area contributed by atoms with Gasteiger partial charge < -0.3 is 4.42 Å². The summed E-state index contributed by atoms with van der Waals surface area (Å²) in [6.07, 6.45) is 0. The Morgan fingerprint density at radius 2 is 1.67 bits per heavy atom. The maximum Gasteiger partial charge on any atom is 0.230 e. The zero-order valence-corrected chi connectivity index (χ0v) is 19.7. The van der Waals surface area contributed by atoms with Gasteiger partial charge >= 0.3 is 0 Å². The van der Waals surface area contributed by atoms with Gasteiger partial charge in [-0.05, 0) is 47.2 Å². The number of furan rings is 1. The number of aryl methyl sites for hydroxylation is 2. The Morgan fingerprint density at radius 3 is 2.36 bits per heavy atom. The molecule has 3 nitrogen and oxygen atoms in total. The van der Waals surface area contributed by atoms with Crippen molar-refractivity contribution in [2.45, 2.75) is 33.6 Å². The Morgan fingerprint density at radius 1 is 0.909 bits per heavy atom. The van der Waals surface area contributed by atoms with Gasteiger partial charge in [0.1, 0.15) is 18.2 Å². The first-order valence-electron chi connectivity index (χ1n) is 11.6. The van der Waals surface area contributed by atoms with Gasteiger partial charge in [0, 0.05) is 31.2 Å². The van der Waals surface area contributed by atoms with Gasteiger partial charge in [-0.3, -0.25) is 0 Å². The van der Waals surface area contributed by atoms with Gasteiger partial charge in [0.25, 0.3) is 0 Å². The van der Waals surface area contributed by atoms with E-state index >= 15 is 0 Å². The van der Waals surface area contributed by atoms with Crippen molar-refractivity contribution in [2.75, 3.05) is 0 Å². The minimum atomic E-state index is -0.717. The molecule has 0 fully saturated rings. The molecule has 0 spiro atoms. The molecule has 0 aliphatic heterocycles. The maximum atomic E-state index is 8.60. The van der Waals surface area contributed by atoms with Crippen molar-refractivity contribution in [1.82, 2.24) is 0 Å². The molecule has 0 unspecified atom stereocenters. The molecule has 0 atom stereocenters. The van der Waals surface area contributed by atoms with E-state index in [-0.39, 0.29) is 0 Å². The minimum Gasteiger partial charge on any atom is -0.466 e. The largest absolute Gasteiger partial charge is 0.466 e. The van der Waals surface area contributed by atoms with E-state index in [0.717, 1.165) is 55.6 Å². The molecule has 0 aliphatic carbocycles. The Bertz CT molecular complexity index is 1620. The van der Waals surface area contributed by atoms with E-state index in [1.165, 1.54) is 0 Å². The second-order valence-electron chi connectivity index (χ2n) is 8.92. The lowest BCUT2D eigenvalue weighted by molar-refractivity contribution is -0.666. The van der Waals surface area contributed by atoms with Gasteiger partial charge in [0.2, 0.25) is 11.4 Å². The highest BCUT2D eigenvalue weighted by Gasteiger charge is 2.24. The summed E-state index contributed by atoms with van der Waals surface area (Å²) in [5, 5.41) is 1.94.